The van der Waals surface area contributed by atoms with E-state index in [1.165, 1.54) is 19.0 Å². The molecule has 0 aliphatic rings. The van der Waals surface area contributed by atoms with Gasteiger partial charge in [-0.2, -0.15) is 15.2 Å². The Morgan fingerprint density at radius 2 is 1.00 bits per heavy atom. The Kier molecular flexibility index (Phi) is 17.1. The van der Waals surface area contributed by atoms with Crippen molar-refractivity contribution in [2.45, 2.75) is 20.0 Å². The van der Waals surface area contributed by atoms with E-state index in [1.54, 1.807) is 142 Å². The zero-order valence-corrected chi connectivity index (χ0v) is 36.4. The lowest BCUT2D eigenvalue weighted by Crippen LogP contribution is -2.08. The molecule has 0 spiro atoms. The highest BCUT2D eigenvalue weighted by molar-refractivity contribution is 6.29. The van der Waals surface area contributed by atoms with E-state index in [2.05, 4.69) is 75.0 Å². The van der Waals surface area contributed by atoms with Gasteiger partial charge >= 0.3 is 0 Å². The molecule has 10 rings (SSSR count). The molecule has 0 aromatic carbocycles. The second-order valence-electron chi connectivity index (χ2n) is 12.4. The first-order valence-electron chi connectivity index (χ1n) is 18.9. The summed E-state index contributed by atoms with van der Waals surface area (Å²) >= 11 is 11.3. The van der Waals surface area contributed by atoms with Crippen LogP contribution in [0.1, 0.15) is 13.8 Å². The average molecular weight is 918 g/mol. The van der Waals surface area contributed by atoms with Crippen molar-refractivity contribution in [2.24, 2.45) is 0 Å². The maximum absolute atomic E-state index is 5.68. The van der Waals surface area contributed by atoms with Gasteiger partial charge in [-0.15, -0.1) is 0 Å². The SMILES string of the molecule is CC(C)Oc1cc(-n2cccn2)ncn1.COc1cc(-n2cccn2)ncn1.COc1cc(-n2ccnc2)ncn1.Clc1ccnc(-n2ccnc2)n1.Clc1nccc(-n2ccnc2)n1. The van der Waals surface area contributed by atoms with Gasteiger partial charge in [0.1, 0.15) is 54.8 Å². The first kappa shape index (κ1) is 45.9. The second-order valence-corrected chi connectivity index (χ2v) is 13.1. The molecule has 0 fully saturated rings. The topological polar surface area (TPSA) is 246 Å². The third kappa shape index (κ3) is 14.5. The van der Waals surface area contributed by atoms with Crippen molar-refractivity contribution < 1.29 is 14.2 Å². The molecule has 0 aliphatic carbocycles. The first-order valence-corrected chi connectivity index (χ1v) is 19.7. The van der Waals surface area contributed by atoms with Gasteiger partial charge in [-0.25, -0.2) is 69.2 Å². The molecule has 10 heterocycles. The Morgan fingerprint density at radius 3 is 1.49 bits per heavy atom. The molecular weight excluding hydrogens is 879 g/mol. The standard InChI is InChI=1S/C10H12N4O.2C8H8N4O.2C7H5ClN4/c1-8(2)15-10-6-9(11-7-12-10)14-5-3-4-13-14;1-13-8-4-7(10-5-11-8)12-3-2-9-6-12;1-13-8-5-7(9-6-10-8)12-4-2-3-11-12;8-7-10-2-1-6(11-7)12-4-3-9-5-12;8-6-1-2-10-7(11-6)12-4-3-9-5-12/h3-8H,1-2H3;2*2-6H,1H3;2*1-5H. The zero-order chi connectivity index (χ0) is 45.6. The quantitative estimate of drug-likeness (QED) is 0.129. The lowest BCUT2D eigenvalue weighted by Gasteiger charge is -2.08. The largest absolute Gasteiger partial charge is 0.481 e. The molecule has 330 valence electrons. The van der Waals surface area contributed by atoms with Crippen LogP contribution in [0.2, 0.25) is 10.4 Å². The van der Waals surface area contributed by atoms with Gasteiger partial charge in [-0.3, -0.25) is 13.7 Å². The summed E-state index contributed by atoms with van der Waals surface area (Å²) in [7, 11) is 3.13. The Balaban J connectivity index is 0.000000135. The van der Waals surface area contributed by atoms with Crippen LogP contribution in [0.3, 0.4) is 0 Å². The van der Waals surface area contributed by atoms with Gasteiger partial charge in [0.25, 0.3) is 0 Å². The van der Waals surface area contributed by atoms with Gasteiger partial charge in [0, 0.05) is 92.6 Å². The molecule has 0 aliphatic heterocycles. The Morgan fingerprint density at radius 1 is 0.492 bits per heavy atom. The molecule has 0 saturated carbocycles. The van der Waals surface area contributed by atoms with Crippen molar-refractivity contribution in [3.8, 4) is 46.9 Å². The number of hydrogen-bond donors (Lipinski definition) is 0. The van der Waals surface area contributed by atoms with Crippen molar-refractivity contribution >= 4 is 23.2 Å². The van der Waals surface area contributed by atoms with Crippen molar-refractivity contribution in [3.05, 3.63) is 165 Å². The van der Waals surface area contributed by atoms with Crippen LogP contribution in [-0.2, 0) is 0 Å². The number of nitrogens with zero attached hydrogens (tertiary/aromatic N) is 20. The molecule has 0 saturated heterocycles. The van der Waals surface area contributed by atoms with E-state index in [-0.39, 0.29) is 11.4 Å². The lowest BCUT2D eigenvalue weighted by atomic mass is 10.5. The summed E-state index contributed by atoms with van der Waals surface area (Å²) in [5, 5.41) is 8.77. The summed E-state index contributed by atoms with van der Waals surface area (Å²) < 4.78 is 23.9. The summed E-state index contributed by atoms with van der Waals surface area (Å²) in [4.78, 5) is 51.4. The van der Waals surface area contributed by atoms with Crippen LogP contribution in [0.5, 0.6) is 17.6 Å². The zero-order valence-electron chi connectivity index (χ0n) is 34.9. The van der Waals surface area contributed by atoms with E-state index >= 15 is 0 Å². The molecule has 0 bridgehead atoms. The van der Waals surface area contributed by atoms with Gasteiger partial charge in [-0.05, 0) is 49.7 Å². The maximum Gasteiger partial charge on any atom is 0.236 e. The van der Waals surface area contributed by atoms with Crippen LogP contribution < -0.4 is 14.2 Å². The predicted molar refractivity (Wildman–Crippen MR) is 235 cm³/mol. The predicted octanol–water partition coefficient (Wildman–Crippen LogP) is 5.42. The Labute approximate surface area is 380 Å². The molecule has 0 N–H and O–H groups in total. The smallest absolute Gasteiger partial charge is 0.236 e. The van der Waals surface area contributed by atoms with Crippen LogP contribution >= 0.6 is 23.2 Å². The average Bonchev–Trinajstić information content (AvgIpc) is 4.20. The Bertz CT molecular complexity index is 2690. The number of methoxy groups -OCH3 is 2. The number of halogens is 2. The van der Waals surface area contributed by atoms with Crippen molar-refractivity contribution in [2.75, 3.05) is 14.2 Å². The van der Waals surface area contributed by atoms with Crippen LogP contribution in [-0.4, -0.2) is 118 Å². The molecule has 10 aromatic rings. The number of hydrogen-bond acceptors (Lipinski definition) is 18. The summed E-state index contributed by atoms with van der Waals surface area (Å²) in [5.41, 5.74) is 0. The van der Waals surface area contributed by atoms with Crippen molar-refractivity contribution in [3.63, 3.8) is 0 Å². The highest BCUT2D eigenvalue weighted by Crippen LogP contribution is 2.13. The normalized spacial score (nSPS) is 10.1. The van der Waals surface area contributed by atoms with Crippen LogP contribution in [0, 0.1) is 0 Å². The highest BCUT2D eigenvalue weighted by Gasteiger charge is 2.04. The highest BCUT2D eigenvalue weighted by atomic mass is 35.5. The van der Waals surface area contributed by atoms with E-state index in [9.17, 15) is 0 Å². The summed E-state index contributed by atoms with van der Waals surface area (Å²) in [6.45, 7) is 3.91. The number of imidazole rings is 3. The van der Waals surface area contributed by atoms with Gasteiger partial charge in [-0.1, -0.05) is 11.6 Å². The van der Waals surface area contributed by atoms with Gasteiger partial charge in [0.15, 0.2) is 11.6 Å². The fourth-order valence-electron chi connectivity index (χ4n) is 4.81. The molecular formula is C40H38Cl2N20O3. The van der Waals surface area contributed by atoms with Crippen LogP contribution in [0.15, 0.2) is 155 Å². The summed E-state index contributed by atoms with van der Waals surface area (Å²) in [6.07, 6.45) is 30.0. The molecule has 10 aromatic heterocycles. The third-order valence-electron chi connectivity index (χ3n) is 7.63. The Hall–Kier alpha value is -8.57. The minimum absolute atomic E-state index is 0.102. The fourth-order valence-corrected chi connectivity index (χ4v) is 5.08. The van der Waals surface area contributed by atoms with E-state index in [1.807, 2.05) is 44.6 Å². The van der Waals surface area contributed by atoms with E-state index < -0.39 is 0 Å². The molecule has 0 radical (unpaired) electrons. The molecule has 23 nitrogen and oxygen atoms in total. The minimum atomic E-state index is 0.102. The third-order valence-corrected chi connectivity index (χ3v) is 8.02. The van der Waals surface area contributed by atoms with Crippen LogP contribution in [0.25, 0.3) is 29.2 Å². The lowest BCUT2D eigenvalue weighted by molar-refractivity contribution is 0.232. The number of aromatic nitrogens is 20. The second kappa shape index (κ2) is 24.2. The molecule has 0 atom stereocenters. The summed E-state index contributed by atoms with van der Waals surface area (Å²) in [6, 6.07) is 12.3. The van der Waals surface area contributed by atoms with Gasteiger partial charge in [0.05, 0.1) is 20.3 Å². The molecule has 0 unspecified atom stereocenters. The number of rotatable bonds is 9. The first-order chi connectivity index (χ1) is 31.8. The maximum atomic E-state index is 5.68. The van der Waals surface area contributed by atoms with Crippen molar-refractivity contribution in [1.29, 1.82) is 0 Å². The minimum Gasteiger partial charge on any atom is -0.481 e. The number of ether oxygens (including phenoxy) is 3. The van der Waals surface area contributed by atoms with Crippen LogP contribution in [0.4, 0.5) is 0 Å². The van der Waals surface area contributed by atoms with Gasteiger partial charge < -0.3 is 14.2 Å². The van der Waals surface area contributed by atoms with E-state index in [4.69, 9.17) is 37.4 Å². The fraction of sp³-hybridized carbons (Fsp3) is 0.125. The van der Waals surface area contributed by atoms with E-state index in [0.29, 0.717) is 46.2 Å². The summed E-state index contributed by atoms with van der Waals surface area (Å²) in [5.74, 6) is 5.00. The monoisotopic (exact) mass is 916 g/mol. The van der Waals surface area contributed by atoms with Gasteiger partial charge in [0.2, 0.25) is 28.9 Å². The van der Waals surface area contributed by atoms with Crippen molar-refractivity contribution in [1.82, 2.24) is 98.1 Å². The molecule has 0 amide bonds. The molecule has 65 heavy (non-hydrogen) atoms. The van der Waals surface area contributed by atoms with E-state index in [0.717, 1.165) is 5.82 Å². The molecule has 25 heteroatoms.